The van der Waals surface area contributed by atoms with E-state index >= 15 is 0 Å². The van der Waals surface area contributed by atoms with Crippen LogP contribution < -0.4 is 10.1 Å². The minimum Gasteiger partial charge on any atom is -0.496 e. The van der Waals surface area contributed by atoms with E-state index in [1.807, 2.05) is 40.9 Å². The van der Waals surface area contributed by atoms with Gasteiger partial charge in [-0.2, -0.15) is 11.8 Å². The fraction of sp³-hybridized carbons (Fsp3) is 0.562. The molecule has 0 radical (unpaired) electrons. The van der Waals surface area contributed by atoms with Crippen molar-refractivity contribution in [3.05, 3.63) is 29.8 Å². The van der Waals surface area contributed by atoms with Crippen LogP contribution in [0.2, 0.25) is 0 Å². The predicted molar refractivity (Wildman–Crippen MR) is 85.5 cm³/mol. The van der Waals surface area contributed by atoms with Crippen molar-refractivity contribution in [1.82, 2.24) is 10.2 Å². The lowest BCUT2D eigenvalue weighted by atomic mass is 10.1. The van der Waals surface area contributed by atoms with E-state index in [4.69, 9.17) is 4.74 Å². The first-order valence-electron chi connectivity index (χ1n) is 7.57. The van der Waals surface area contributed by atoms with E-state index in [2.05, 4.69) is 5.32 Å². The molecule has 1 amide bonds. The first-order valence-corrected chi connectivity index (χ1v) is 8.62. The Kier molecular flexibility index (Phi) is 4.70. The molecule has 4 nitrogen and oxygen atoms in total. The first kappa shape index (κ1) is 14.7. The van der Waals surface area contributed by atoms with Gasteiger partial charge in [-0.1, -0.05) is 24.6 Å². The molecule has 114 valence electrons. The van der Waals surface area contributed by atoms with Gasteiger partial charge in [-0.15, -0.1) is 0 Å². The monoisotopic (exact) mass is 306 g/mol. The van der Waals surface area contributed by atoms with Crippen LogP contribution in [0.25, 0.3) is 0 Å². The van der Waals surface area contributed by atoms with Crippen molar-refractivity contribution in [3.63, 3.8) is 0 Å². The van der Waals surface area contributed by atoms with Crippen LogP contribution in [0.1, 0.15) is 31.0 Å². The Labute approximate surface area is 130 Å². The fourth-order valence-electron chi connectivity index (χ4n) is 3.09. The number of hydrogen-bond donors (Lipinski definition) is 1. The van der Waals surface area contributed by atoms with Crippen LogP contribution in [-0.2, 0) is 4.79 Å². The number of nitrogens with one attached hydrogen (secondary N) is 1. The molecule has 0 aromatic heterocycles. The smallest absolute Gasteiger partial charge is 0.238 e. The SMILES string of the molecule is COc1ccccc1C1NCC(=O)N1CC1CCCCS1. The van der Waals surface area contributed by atoms with Gasteiger partial charge in [-0.3, -0.25) is 10.1 Å². The van der Waals surface area contributed by atoms with Gasteiger partial charge in [-0.05, 0) is 24.7 Å². The third kappa shape index (κ3) is 3.19. The summed E-state index contributed by atoms with van der Waals surface area (Å²) in [5.41, 5.74) is 1.05. The molecule has 3 rings (SSSR count). The highest BCUT2D eigenvalue weighted by molar-refractivity contribution is 7.99. The molecule has 0 saturated carbocycles. The second kappa shape index (κ2) is 6.71. The number of thioether (sulfide) groups is 1. The number of carbonyl (C=O) groups is 1. The maximum absolute atomic E-state index is 12.2. The van der Waals surface area contributed by atoms with E-state index in [1.54, 1.807) is 7.11 Å². The first-order chi connectivity index (χ1) is 10.3. The molecular weight excluding hydrogens is 284 g/mol. The van der Waals surface area contributed by atoms with Crippen LogP contribution in [-0.4, -0.2) is 42.0 Å². The van der Waals surface area contributed by atoms with Crippen molar-refractivity contribution in [1.29, 1.82) is 0 Å². The van der Waals surface area contributed by atoms with E-state index in [-0.39, 0.29) is 12.1 Å². The topological polar surface area (TPSA) is 41.6 Å². The summed E-state index contributed by atoms with van der Waals surface area (Å²) in [6, 6.07) is 7.94. The molecular formula is C16H22N2O2S. The normalized spacial score (nSPS) is 26.1. The highest BCUT2D eigenvalue weighted by Gasteiger charge is 2.34. The Morgan fingerprint density at radius 2 is 2.24 bits per heavy atom. The van der Waals surface area contributed by atoms with E-state index in [9.17, 15) is 4.79 Å². The molecule has 0 bridgehead atoms. The molecule has 5 heteroatoms. The predicted octanol–water partition coefficient (Wildman–Crippen LogP) is 2.41. The lowest BCUT2D eigenvalue weighted by Gasteiger charge is -2.31. The van der Waals surface area contributed by atoms with Crippen molar-refractivity contribution in [2.45, 2.75) is 30.7 Å². The molecule has 21 heavy (non-hydrogen) atoms. The van der Waals surface area contributed by atoms with Gasteiger partial charge in [0.1, 0.15) is 11.9 Å². The number of nitrogens with zero attached hydrogens (tertiary/aromatic N) is 1. The number of amides is 1. The third-order valence-corrected chi connectivity index (χ3v) is 5.57. The van der Waals surface area contributed by atoms with Crippen molar-refractivity contribution >= 4 is 17.7 Å². The Balaban J connectivity index is 1.78. The number of carbonyl (C=O) groups excluding carboxylic acids is 1. The van der Waals surface area contributed by atoms with E-state index in [0.29, 0.717) is 11.8 Å². The number of methoxy groups -OCH3 is 1. The number of benzene rings is 1. The summed E-state index contributed by atoms with van der Waals surface area (Å²) in [6.45, 7) is 1.25. The Hall–Kier alpha value is -1.20. The maximum atomic E-state index is 12.2. The summed E-state index contributed by atoms with van der Waals surface area (Å²) in [6.07, 6.45) is 3.75. The van der Waals surface area contributed by atoms with Crippen molar-refractivity contribution in [2.24, 2.45) is 0 Å². The van der Waals surface area contributed by atoms with Gasteiger partial charge >= 0.3 is 0 Å². The Morgan fingerprint density at radius 1 is 1.38 bits per heavy atom. The minimum atomic E-state index is -0.0591. The Bertz CT molecular complexity index is 503. The summed E-state index contributed by atoms with van der Waals surface area (Å²) in [5.74, 6) is 2.25. The molecule has 1 N–H and O–H groups in total. The van der Waals surface area contributed by atoms with Crippen molar-refractivity contribution < 1.29 is 9.53 Å². The van der Waals surface area contributed by atoms with Crippen LogP contribution in [0, 0.1) is 0 Å². The van der Waals surface area contributed by atoms with E-state index < -0.39 is 0 Å². The molecule has 2 atom stereocenters. The molecule has 2 heterocycles. The molecule has 1 aromatic carbocycles. The van der Waals surface area contributed by atoms with Crippen LogP contribution in [0.5, 0.6) is 5.75 Å². The van der Waals surface area contributed by atoms with Crippen LogP contribution in [0.3, 0.4) is 0 Å². The van der Waals surface area contributed by atoms with Crippen LogP contribution >= 0.6 is 11.8 Å². The molecule has 2 saturated heterocycles. The fourth-order valence-corrected chi connectivity index (χ4v) is 4.39. The summed E-state index contributed by atoms with van der Waals surface area (Å²) >= 11 is 2.01. The zero-order valence-electron chi connectivity index (χ0n) is 12.4. The van der Waals surface area contributed by atoms with Gasteiger partial charge in [0, 0.05) is 17.4 Å². The summed E-state index contributed by atoms with van der Waals surface area (Å²) in [5, 5.41) is 3.89. The van der Waals surface area contributed by atoms with Gasteiger partial charge < -0.3 is 9.64 Å². The highest BCUT2D eigenvalue weighted by atomic mass is 32.2. The van der Waals surface area contributed by atoms with Gasteiger partial charge in [0.25, 0.3) is 0 Å². The minimum absolute atomic E-state index is 0.0591. The average molecular weight is 306 g/mol. The van der Waals surface area contributed by atoms with Gasteiger partial charge in [0.05, 0.1) is 13.7 Å². The average Bonchev–Trinajstić information content (AvgIpc) is 2.89. The quantitative estimate of drug-likeness (QED) is 0.927. The second-order valence-corrected chi connectivity index (χ2v) is 6.97. The third-order valence-electron chi connectivity index (χ3n) is 4.19. The lowest BCUT2D eigenvalue weighted by molar-refractivity contribution is -0.128. The molecule has 2 aliphatic rings. The lowest BCUT2D eigenvalue weighted by Crippen LogP contribution is -2.36. The zero-order valence-corrected chi connectivity index (χ0v) is 13.2. The molecule has 1 aromatic rings. The summed E-state index contributed by atoms with van der Waals surface area (Å²) in [4.78, 5) is 14.2. The second-order valence-electron chi connectivity index (χ2n) is 5.56. The standard InChI is InChI=1S/C16H22N2O2S/c1-20-14-8-3-2-7-13(14)16-17-10-15(19)18(16)11-12-6-4-5-9-21-12/h2-3,7-8,12,16-17H,4-6,9-11H2,1H3. The van der Waals surface area contributed by atoms with Gasteiger partial charge in [0.2, 0.25) is 5.91 Å². The largest absolute Gasteiger partial charge is 0.496 e. The van der Waals surface area contributed by atoms with Crippen LogP contribution in [0.4, 0.5) is 0 Å². The van der Waals surface area contributed by atoms with E-state index in [0.717, 1.165) is 17.9 Å². The molecule has 0 spiro atoms. The summed E-state index contributed by atoms with van der Waals surface area (Å²) in [7, 11) is 1.68. The van der Waals surface area contributed by atoms with Gasteiger partial charge in [0.15, 0.2) is 0 Å². The number of ether oxygens (including phenoxy) is 1. The van der Waals surface area contributed by atoms with Crippen molar-refractivity contribution in [2.75, 3.05) is 26.0 Å². The zero-order chi connectivity index (χ0) is 14.7. The van der Waals surface area contributed by atoms with Crippen molar-refractivity contribution in [3.8, 4) is 5.75 Å². The van der Waals surface area contributed by atoms with Crippen LogP contribution in [0.15, 0.2) is 24.3 Å². The molecule has 2 aliphatic heterocycles. The molecule has 2 unspecified atom stereocenters. The maximum Gasteiger partial charge on any atom is 0.238 e. The van der Waals surface area contributed by atoms with Gasteiger partial charge in [-0.25, -0.2) is 0 Å². The molecule has 0 aliphatic carbocycles. The number of hydrogen-bond acceptors (Lipinski definition) is 4. The highest BCUT2D eigenvalue weighted by Crippen LogP contribution is 2.33. The Morgan fingerprint density at radius 3 is 3.00 bits per heavy atom. The molecule has 2 fully saturated rings. The number of rotatable bonds is 4. The summed E-state index contributed by atoms with van der Waals surface area (Å²) < 4.78 is 5.45. The number of para-hydroxylation sites is 1. The van der Waals surface area contributed by atoms with E-state index in [1.165, 1.54) is 25.0 Å².